The molecule has 0 unspecified atom stereocenters. The molecule has 0 radical (unpaired) electrons. The van der Waals surface area contributed by atoms with E-state index in [0.29, 0.717) is 0 Å². The smallest absolute Gasteiger partial charge is 0.407 e. The number of aliphatic carboxylic acids is 1. The summed E-state index contributed by atoms with van der Waals surface area (Å²) >= 11 is 0. The van der Waals surface area contributed by atoms with Gasteiger partial charge in [0.15, 0.2) is 0 Å². The molecule has 2 atom stereocenters. The first-order valence-electron chi connectivity index (χ1n) is 7.49. The van der Waals surface area contributed by atoms with Crippen LogP contribution in [0.4, 0.5) is 4.79 Å². The Morgan fingerprint density at radius 3 is 2.30 bits per heavy atom. The van der Waals surface area contributed by atoms with Gasteiger partial charge < -0.3 is 15.2 Å². The molecule has 20 heavy (non-hydrogen) atoms. The van der Waals surface area contributed by atoms with Crippen molar-refractivity contribution in [1.82, 2.24) is 5.32 Å². The van der Waals surface area contributed by atoms with E-state index in [4.69, 9.17) is 9.84 Å². The fourth-order valence-electron chi connectivity index (χ4n) is 2.68. The molecule has 0 heterocycles. The molecule has 0 aromatic heterocycles. The zero-order chi connectivity index (χ0) is 15.2. The molecule has 5 heteroatoms. The zero-order valence-corrected chi connectivity index (χ0v) is 12.8. The molecule has 1 fully saturated rings. The minimum atomic E-state index is -0.799. The van der Waals surface area contributed by atoms with Crippen LogP contribution in [-0.4, -0.2) is 28.8 Å². The van der Waals surface area contributed by atoms with E-state index in [0.717, 1.165) is 38.5 Å². The van der Waals surface area contributed by atoms with E-state index in [1.807, 2.05) is 20.8 Å². The van der Waals surface area contributed by atoms with E-state index < -0.39 is 17.7 Å². The maximum absolute atomic E-state index is 11.9. The van der Waals surface area contributed by atoms with Crippen molar-refractivity contribution < 1.29 is 19.4 Å². The number of carboxylic acids is 1. The van der Waals surface area contributed by atoms with Crippen LogP contribution in [0.1, 0.15) is 65.7 Å². The Kier molecular flexibility index (Phi) is 6.30. The van der Waals surface area contributed by atoms with Gasteiger partial charge in [0.2, 0.25) is 0 Å². The van der Waals surface area contributed by atoms with Crippen LogP contribution in [0.2, 0.25) is 0 Å². The zero-order valence-electron chi connectivity index (χ0n) is 12.8. The standard InChI is InChI=1S/C15H27NO4/c1-15(2,3)20-14(19)16-12-9-7-5-4-6-8-11(12)10-13(17)18/h11-12H,4-10H2,1-3H3,(H,16,19)(H,17,18)/t11-,12-/m1/s1. The van der Waals surface area contributed by atoms with Crippen LogP contribution in [-0.2, 0) is 9.53 Å². The van der Waals surface area contributed by atoms with Crippen LogP contribution in [0.15, 0.2) is 0 Å². The summed E-state index contributed by atoms with van der Waals surface area (Å²) in [5, 5.41) is 11.9. The fraction of sp³-hybridized carbons (Fsp3) is 0.867. The monoisotopic (exact) mass is 285 g/mol. The van der Waals surface area contributed by atoms with Gasteiger partial charge in [-0.1, -0.05) is 25.7 Å². The van der Waals surface area contributed by atoms with Gasteiger partial charge in [0.1, 0.15) is 5.60 Å². The molecule has 0 aliphatic heterocycles. The molecule has 0 saturated heterocycles. The molecule has 0 aromatic rings. The predicted molar refractivity (Wildman–Crippen MR) is 76.6 cm³/mol. The lowest BCUT2D eigenvalue weighted by atomic mass is 9.85. The molecular formula is C15H27NO4. The average Bonchev–Trinajstić information content (AvgIpc) is 2.24. The predicted octanol–water partition coefficient (Wildman–Crippen LogP) is 3.32. The lowest BCUT2D eigenvalue weighted by Gasteiger charge is -2.30. The van der Waals surface area contributed by atoms with Crippen molar-refractivity contribution in [3.63, 3.8) is 0 Å². The average molecular weight is 285 g/mol. The summed E-state index contributed by atoms with van der Waals surface area (Å²) in [5.41, 5.74) is -0.534. The SMILES string of the molecule is CC(C)(C)OC(=O)N[C@@H]1CCCCCC[C@@H]1CC(=O)O. The lowest BCUT2D eigenvalue weighted by molar-refractivity contribution is -0.138. The topological polar surface area (TPSA) is 75.6 Å². The molecule has 0 bridgehead atoms. The van der Waals surface area contributed by atoms with Gasteiger partial charge in [0, 0.05) is 6.04 Å². The van der Waals surface area contributed by atoms with E-state index in [1.54, 1.807) is 0 Å². The second-order valence-electron chi connectivity index (χ2n) is 6.60. The number of hydrogen-bond donors (Lipinski definition) is 2. The first-order chi connectivity index (χ1) is 9.28. The number of ether oxygens (including phenoxy) is 1. The normalized spacial score (nSPS) is 24.4. The number of hydrogen-bond acceptors (Lipinski definition) is 3. The molecule has 1 aliphatic rings. The van der Waals surface area contributed by atoms with Crippen molar-refractivity contribution >= 4 is 12.1 Å². The van der Waals surface area contributed by atoms with Gasteiger partial charge in [-0.05, 0) is 39.5 Å². The van der Waals surface area contributed by atoms with E-state index in [9.17, 15) is 9.59 Å². The van der Waals surface area contributed by atoms with Crippen LogP contribution in [0, 0.1) is 5.92 Å². The molecule has 1 aliphatic carbocycles. The molecule has 1 amide bonds. The number of carbonyl (C=O) groups is 2. The highest BCUT2D eigenvalue weighted by Gasteiger charge is 2.28. The van der Waals surface area contributed by atoms with Gasteiger partial charge >= 0.3 is 12.1 Å². The maximum Gasteiger partial charge on any atom is 0.407 e. The van der Waals surface area contributed by atoms with Crippen molar-refractivity contribution in [3.8, 4) is 0 Å². The van der Waals surface area contributed by atoms with E-state index in [2.05, 4.69) is 5.32 Å². The Labute approximate surface area is 121 Å². The van der Waals surface area contributed by atoms with Gasteiger partial charge in [-0.15, -0.1) is 0 Å². The number of rotatable bonds is 3. The van der Waals surface area contributed by atoms with Crippen LogP contribution < -0.4 is 5.32 Å². The molecule has 1 saturated carbocycles. The second kappa shape index (κ2) is 7.50. The summed E-state index contributed by atoms with van der Waals surface area (Å²) in [6.07, 6.45) is 5.70. The Morgan fingerprint density at radius 1 is 1.15 bits per heavy atom. The highest BCUT2D eigenvalue weighted by atomic mass is 16.6. The van der Waals surface area contributed by atoms with Crippen LogP contribution in [0.5, 0.6) is 0 Å². The number of carbonyl (C=O) groups excluding carboxylic acids is 1. The van der Waals surface area contributed by atoms with E-state index in [-0.39, 0.29) is 18.4 Å². The minimum absolute atomic E-state index is 0.000295. The summed E-state index contributed by atoms with van der Waals surface area (Å²) in [6, 6.07) is -0.0961. The number of alkyl carbamates (subject to hydrolysis) is 1. The van der Waals surface area contributed by atoms with Gasteiger partial charge in [0.25, 0.3) is 0 Å². The molecule has 1 rings (SSSR count). The lowest BCUT2D eigenvalue weighted by Crippen LogP contribution is -2.44. The highest BCUT2D eigenvalue weighted by Crippen LogP contribution is 2.25. The third-order valence-corrected chi connectivity index (χ3v) is 3.55. The fourth-order valence-corrected chi connectivity index (χ4v) is 2.68. The second-order valence-corrected chi connectivity index (χ2v) is 6.60. The van der Waals surface area contributed by atoms with Crippen LogP contribution in [0.3, 0.4) is 0 Å². The van der Waals surface area contributed by atoms with Crippen molar-refractivity contribution in [1.29, 1.82) is 0 Å². The number of carboxylic acid groups (broad SMARTS) is 1. The third kappa shape index (κ3) is 6.78. The van der Waals surface area contributed by atoms with Gasteiger partial charge in [-0.25, -0.2) is 4.79 Å². The Bertz CT molecular complexity index is 335. The Hall–Kier alpha value is -1.26. The summed E-state index contributed by atoms with van der Waals surface area (Å²) < 4.78 is 5.27. The quantitative estimate of drug-likeness (QED) is 0.834. The van der Waals surface area contributed by atoms with E-state index in [1.165, 1.54) is 0 Å². The summed E-state index contributed by atoms with van der Waals surface area (Å²) in [5.74, 6) is -0.799. The summed E-state index contributed by atoms with van der Waals surface area (Å²) in [7, 11) is 0. The first kappa shape index (κ1) is 16.8. The van der Waals surface area contributed by atoms with Crippen molar-refractivity contribution in [2.24, 2.45) is 5.92 Å². The number of nitrogens with one attached hydrogen (secondary N) is 1. The molecule has 5 nitrogen and oxygen atoms in total. The molecular weight excluding hydrogens is 258 g/mol. The summed E-state index contributed by atoms with van der Waals surface area (Å²) in [4.78, 5) is 22.9. The number of amides is 1. The maximum atomic E-state index is 11.9. The Morgan fingerprint density at radius 2 is 1.75 bits per heavy atom. The largest absolute Gasteiger partial charge is 0.481 e. The van der Waals surface area contributed by atoms with Gasteiger partial charge in [0.05, 0.1) is 6.42 Å². The van der Waals surface area contributed by atoms with Crippen molar-refractivity contribution in [2.45, 2.75) is 77.4 Å². The molecule has 0 spiro atoms. The van der Waals surface area contributed by atoms with Gasteiger partial charge in [-0.3, -0.25) is 4.79 Å². The van der Waals surface area contributed by atoms with Crippen LogP contribution >= 0.6 is 0 Å². The first-order valence-corrected chi connectivity index (χ1v) is 7.49. The minimum Gasteiger partial charge on any atom is -0.481 e. The third-order valence-electron chi connectivity index (χ3n) is 3.55. The summed E-state index contributed by atoms with van der Waals surface area (Å²) in [6.45, 7) is 5.46. The van der Waals surface area contributed by atoms with Gasteiger partial charge in [-0.2, -0.15) is 0 Å². The van der Waals surface area contributed by atoms with Crippen molar-refractivity contribution in [3.05, 3.63) is 0 Å². The highest BCUT2D eigenvalue weighted by molar-refractivity contribution is 5.69. The van der Waals surface area contributed by atoms with E-state index >= 15 is 0 Å². The molecule has 2 N–H and O–H groups in total. The molecule has 0 aromatic carbocycles. The van der Waals surface area contributed by atoms with Crippen LogP contribution in [0.25, 0.3) is 0 Å². The van der Waals surface area contributed by atoms with Crippen molar-refractivity contribution in [2.75, 3.05) is 0 Å². The molecule has 116 valence electrons. The Balaban J connectivity index is 2.63.